The molecule has 0 saturated heterocycles. The van der Waals surface area contributed by atoms with Gasteiger partial charge in [0.1, 0.15) is 11.4 Å². The van der Waals surface area contributed by atoms with Crippen LogP contribution in [0.25, 0.3) is 0 Å². The molecule has 0 spiro atoms. The Bertz CT molecular complexity index is 506. The van der Waals surface area contributed by atoms with Gasteiger partial charge in [-0.15, -0.1) is 0 Å². The van der Waals surface area contributed by atoms with Gasteiger partial charge in [0.05, 0.1) is 10.7 Å². The average molecular weight is 332 g/mol. The van der Waals surface area contributed by atoms with Gasteiger partial charge in [-0.2, -0.15) is 0 Å². The van der Waals surface area contributed by atoms with E-state index in [-0.39, 0.29) is 11.9 Å². The Labute approximate surface area is 135 Å². The van der Waals surface area contributed by atoms with Gasteiger partial charge in [-0.25, -0.2) is 9.18 Å². The maximum absolute atomic E-state index is 13.2. The van der Waals surface area contributed by atoms with Gasteiger partial charge >= 0.3 is 6.09 Å². The van der Waals surface area contributed by atoms with E-state index in [4.69, 9.17) is 22.1 Å². The molecule has 1 rings (SSSR count). The van der Waals surface area contributed by atoms with Crippen molar-refractivity contribution in [2.24, 2.45) is 5.73 Å². The Kier molecular flexibility index (Phi) is 6.90. The molecule has 1 aromatic rings. The summed E-state index contributed by atoms with van der Waals surface area (Å²) >= 11 is 5.99. The first kappa shape index (κ1) is 18.5. The van der Waals surface area contributed by atoms with E-state index in [9.17, 15) is 9.18 Å². The van der Waals surface area contributed by atoms with Crippen LogP contribution in [0, 0.1) is 5.82 Å². The van der Waals surface area contributed by atoms with Crippen LogP contribution in [-0.2, 0) is 4.74 Å². The summed E-state index contributed by atoms with van der Waals surface area (Å²) in [7, 11) is 0. The van der Waals surface area contributed by atoms with Gasteiger partial charge < -0.3 is 21.1 Å². The maximum atomic E-state index is 13.2. The number of nitrogens with two attached hydrogens (primary N) is 1. The molecular weight excluding hydrogens is 309 g/mol. The third-order valence-electron chi connectivity index (χ3n) is 2.73. The predicted octanol–water partition coefficient (Wildman–Crippen LogP) is 3.13. The first-order valence-corrected chi connectivity index (χ1v) is 7.47. The number of carbonyl (C=O) groups excluding carboxylic acids is 1. The highest BCUT2D eigenvalue weighted by atomic mass is 35.5. The van der Waals surface area contributed by atoms with Crippen LogP contribution in [0.1, 0.15) is 27.2 Å². The fraction of sp³-hybridized carbons (Fsp3) is 0.533. The summed E-state index contributed by atoms with van der Waals surface area (Å²) in [5.74, 6) is -0.380. The molecule has 1 amide bonds. The van der Waals surface area contributed by atoms with E-state index in [0.29, 0.717) is 30.2 Å². The van der Waals surface area contributed by atoms with Crippen LogP contribution in [0.3, 0.4) is 0 Å². The van der Waals surface area contributed by atoms with E-state index >= 15 is 0 Å². The standard InChI is InChI=1S/C15H23ClFN3O2/c1-15(2,3)22-14(21)19-7-6-11(9-18)20-13-8-10(17)4-5-12(13)16/h4-5,8,11,20H,6-7,9,18H2,1-3H3,(H,19,21). The fourth-order valence-electron chi connectivity index (χ4n) is 1.74. The number of anilines is 1. The molecule has 1 aromatic carbocycles. The number of amides is 1. The molecule has 0 saturated carbocycles. The lowest BCUT2D eigenvalue weighted by Gasteiger charge is -2.21. The van der Waals surface area contributed by atoms with Crippen molar-refractivity contribution in [3.8, 4) is 0 Å². The van der Waals surface area contributed by atoms with Crippen LogP contribution in [0.5, 0.6) is 0 Å². The molecule has 0 bridgehead atoms. The summed E-state index contributed by atoms with van der Waals surface area (Å²) < 4.78 is 18.3. The Balaban J connectivity index is 2.46. The van der Waals surface area contributed by atoms with Crippen molar-refractivity contribution in [3.63, 3.8) is 0 Å². The number of hydrogen-bond acceptors (Lipinski definition) is 4. The van der Waals surface area contributed by atoms with Gasteiger partial charge in [0, 0.05) is 19.1 Å². The molecule has 0 aromatic heterocycles. The number of benzene rings is 1. The molecule has 1 unspecified atom stereocenters. The van der Waals surface area contributed by atoms with Crippen LogP contribution >= 0.6 is 11.6 Å². The van der Waals surface area contributed by atoms with Crippen molar-refractivity contribution < 1.29 is 13.9 Å². The number of hydrogen-bond donors (Lipinski definition) is 3. The highest BCUT2D eigenvalue weighted by Crippen LogP contribution is 2.23. The minimum atomic E-state index is -0.537. The summed E-state index contributed by atoms with van der Waals surface area (Å²) in [4.78, 5) is 11.5. The van der Waals surface area contributed by atoms with Crippen molar-refractivity contribution in [3.05, 3.63) is 29.0 Å². The Morgan fingerprint density at radius 1 is 1.45 bits per heavy atom. The predicted molar refractivity (Wildman–Crippen MR) is 86.7 cm³/mol. The third-order valence-corrected chi connectivity index (χ3v) is 3.06. The van der Waals surface area contributed by atoms with Crippen LogP contribution in [0.2, 0.25) is 5.02 Å². The summed E-state index contributed by atoms with van der Waals surface area (Å²) in [6.45, 7) is 6.09. The highest BCUT2D eigenvalue weighted by Gasteiger charge is 2.16. The highest BCUT2D eigenvalue weighted by molar-refractivity contribution is 6.33. The largest absolute Gasteiger partial charge is 0.444 e. The smallest absolute Gasteiger partial charge is 0.407 e. The van der Waals surface area contributed by atoms with Gasteiger partial charge in [-0.05, 0) is 45.4 Å². The number of carbonyl (C=O) groups is 1. The second kappa shape index (κ2) is 8.19. The molecule has 0 aliphatic carbocycles. The van der Waals surface area contributed by atoms with E-state index in [1.54, 1.807) is 20.8 Å². The molecular formula is C15H23ClFN3O2. The number of halogens is 2. The van der Waals surface area contributed by atoms with Gasteiger partial charge in [0.15, 0.2) is 0 Å². The molecule has 0 heterocycles. The number of rotatable bonds is 6. The molecule has 0 fully saturated rings. The quantitative estimate of drug-likeness (QED) is 0.748. The second-order valence-electron chi connectivity index (χ2n) is 5.92. The summed E-state index contributed by atoms with van der Waals surface area (Å²) in [5, 5.41) is 6.14. The SMILES string of the molecule is CC(C)(C)OC(=O)NCCC(CN)Nc1cc(F)ccc1Cl. The maximum Gasteiger partial charge on any atom is 0.407 e. The Hall–Kier alpha value is -1.53. The molecule has 4 N–H and O–H groups in total. The molecule has 0 aliphatic heterocycles. The minimum Gasteiger partial charge on any atom is -0.444 e. The average Bonchev–Trinajstić information content (AvgIpc) is 2.39. The minimum absolute atomic E-state index is 0.144. The van der Waals surface area contributed by atoms with Crippen LogP contribution in [0.15, 0.2) is 18.2 Å². The summed E-state index contributed by atoms with van der Waals surface area (Å²) in [6.07, 6.45) is 0.0785. The first-order valence-electron chi connectivity index (χ1n) is 7.10. The lowest BCUT2D eigenvalue weighted by atomic mass is 10.2. The molecule has 0 radical (unpaired) electrons. The van der Waals surface area contributed by atoms with Crippen molar-refractivity contribution in [1.29, 1.82) is 0 Å². The normalized spacial score (nSPS) is 12.6. The number of nitrogens with one attached hydrogen (secondary N) is 2. The molecule has 124 valence electrons. The van der Waals surface area contributed by atoms with Crippen molar-refractivity contribution in [1.82, 2.24) is 5.32 Å². The molecule has 22 heavy (non-hydrogen) atoms. The topological polar surface area (TPSA) is 76.4 Å². The zero-order valence-corrected chi connectivity index (χ0v) is 13.8. The lowest BCUT2D eigenvalue weighted by molar-refractivity contribution is 0.0527. The molecule has 1 atom stereocenters. The van der Waals surface area contributed by atoms with Gasteiger partial charge in [-0.3, -0.25) is 0 Å². The summed E-state index contributed by atoms with van der Waals surface area (Å²) in [5.41, 5.74) is 5.63. The molecule has 5 nitrogen and oxygen atoms in total. The van der Waals surface area contributed by atoms with Crippen molar-refractivity contribution in [2.75, 3.05) is 18.4 Å². The monoisotopic (exact) mass is 331 g/mol. The van der Waals surface area contributed by atoms with E-state index in [1.165, 1.54) is 18.2 Å². The Morgan fingerprint density at radius 2 is 2.14 bits per heavy atom. The third kappa shape index (κ3) is 6.95. The molecule has 7 heteroatoms. The van der Waals surface area contributed by atoms with E-state index in [1.807, 2.05) is 0 Å². The second-order valence-corrected chi connectivity index (χ2v) is 6.33. The zero-order valence-electron chi connectivity index (χ0n) is 13.1. The lowest BCUT2D eigenvalue weighted by Crippen LogP contribution is -2.37. The number of ether oxygens (including phenoxy) is 1. The number of alkyl carbamates (subject to hydrolysis) is 1. The van der Waals surface area contributed by atoms with Gasteiger partial charge in [0.2, 0.25) is 0 Å². The van der Waals surface area contributed by atoms with Crippen LogP contribution in [0.4, 0.5) is 14.9 Å². The molecule has 0 aliphatic rings. The first-order chi connectivity index (χ1) is 10.2. The van der Waals surface area contributed by atoms with Gasteiger partial charge in [-0.1, -0.05) is 11.6 Å². The van der Waals surface area contributed by atoms with Crippen LogP contribution < -0.4 is 16.4 Å². The van der Waals surface area contributed by atoms with Crippen LogP contribution in [-0.4, -0.2) is 30.8 Å². The summed E-state index contributed by atoms with van der Waals surface area (Å²) in [6, 6.07) is 3.93. The van der Waals surface area contributed by atoms with Crippen molar-refractivity contribution >= 4 is 23.4 Å². The van der Waals surface area contributed by atoms with E-state index in [0.717, 1.165) is 0 Å². The van der Waals surface area contributed by atoms with E-state index < -0.39 is 11.7 Å². The van der Waals surface area contributed by atoms with Crippen molar-refractivity contribution in [2.45, 2.75) is 38.8 Å². The Morgan fingerprint density at radius 3 is 2.73 bits per heavy atom. The zero-order chi connectivity index (χ0) is 16.8. The van der Waals surface area contributed by atoms with Gasteiger partial charge in [0.25, 0.3) is 0 Å². The fourth-order valence-corrected chi connectivity index (χ4v) is 1.91. The van der Waals surface area contributed by atoms with E-state index in [2.05, 4.69) is 10.6 Å².